The van der Waals surface area contributed by atoms with Crippen LogP contribution in [0.2, 0.25) is 0 Å². The number of hydrogen-bond donors (Lipinski definition) is 1. The number of nitrogens with one attached hydrogen (secondary N) is 1. The number of amides is 2. The second-order valence-electron chi connectivity index (χ2n) is 8.11. The van der Waals surface area contributed by atoms with Crippen LogP contribution < -0.4 is 5.32 Å². The summed E-state index contributed by atoms with van der Waals surface area (Å²) in [4.78, 5) is 40.1. The standard InChI is InChI=1S/C23H27N3O7S2/c1-3-33-23(29)20-18-8-9-25(15(2)27)14-19(18)34-22(20)24-21(28)16-4-6-17(7-5-16)35(30,31)26-10-12-32-13-11-26/h4-7H,3,8-14H2,1-2H3,(H,24,28). The molecule has 1 aromatic heterocycles. The highest BCUT2D eigenvalue weighted by atomic mass is 32.2. The Balaban J connectivity index is 1.56. The molecule has 0 spiro atoms. The third kappa shape index (κ3) is 5.25. The van der Waals surface area contributed by atoms with Gasteiger partial charge < -0.3 is 19.7 Å². The molecule has 10 nitrogen and oxygen atoms in total. The number of hydrogen-bond acceptors (Lipinski definition) is 8. The fourth-order valence-corrected chi connectivity index (χ4v) is 6.72. The van der Waals surface area contributed by atoms with Crippen LogP contribution in [-0.2, 0) is 37.3 Å². The van der Waals surface area contributed by atoms with Crippen LogP contribution in [0.15, 0.2) is 29.2 Å². The predicted octanol–water partition coefficient (Wildman–Crippen LogP) is 2.10. The van der Waals surface area contributed by atoms with E-state index < -0.39 is 21.9 Å². The molecule has 12 heteroatoms. The lowest BCUT2D eigenvalue weighted by Crippen LogP contribution is -2.40. The zero-order valence-corrected chi connectivity index (χ0v) is 21.2. The normalized spacial score (nSPS) is 16.5. The van der Waals surface area contributed by atoms with Crippen molar-refractivity contribution in [2.24, 2.45) is 0 Å². The fraction of sp³-hybridized carbons (Fsp3) is 0.435. The number of rotatable bonds is 6. The van der Waals surface area contributed by atoms with Crippen LogP contribution in [0.1, 0.15) is 45.0 Å². The second kappa shape index (κ2) is 10.4. The van der Waals surface area contributed by atoms with Gasteiger partial charge in [0.1, 0.15) is 5.00 Å². The molecule has 2 aromatic rings. The third-order valence-corrected chi connectivity index (χ3v) is 8.98. The monoisotopic (exact) mass is 521 g/mol. The van der Waals surface area contributed by atoms with Crippen molar-refractivity contribution in [1.29, 1.82) is 0 Å². The predicted molar refractivity (Wildman–Crippen MR) is 129 cm³/mol. The number of nitrogens with zero attached hydrogens (tertiary/aromatic N) is 2. The summed E-state index contributed by atoms with van der Waals surface area (Å²) in [6, 6.07) is 5.68. The first-order valence-electron chi connectivity index (χ1n) is 11.3. The summed E-state index contributed by atoms with van der Waals surface area (Å²) >= 11 is 1.25. The van der Waals surface area contributed by atoms with Crippen LogP contribution in [0.25, 0.3) is 0 Å². The van der Waals surface area contributed by atoms with Crippen molar-refractivity contribution in [1.82, 2.24) is 9.21 Å². The summed E-state index contributed by atoms with van der Waals surface area (Å²) in [6.07, 6.45) is 0.490. The molecular formula is C23H27N3O7S2. The van der Waals surface area contributed by atoms with Gasteiger partial charge in [0.05, 0.1) is 36.8 Å². The molecule has 4 rings (SSSR count). The molecule has 1 aromatic carbocycles. The summed E-state index contributed by atoms with van der Waals surface area (Å²) in [5.41, 5.74) is 1.35. The number of morpholine rings is 1. The van der Waals surface area contributed by atoms with Gasteiger partial charge in [-0.3, -0.25) is 9.59 Å². The Kier molecular flexibility index (Phi) is 7.55. The molecule has 1 N–H and O–H groups in total. The lowest BCUT2D eigenvalue weighted by molar-refractivity contribution is -0.129. The van der Waals surface area contributed by atoms with E-state index in [4.69, 9.17) is 9.47 Å². The van der Waals surface area contributed by atoms with E-state index in [2.05, 4.69) is 5.32 Å². The van der Waals surface area contributed by atoms with E-state index in [0.717, 1.165) is 10.4 Å². The third-order valence-electron chi connectivity index (χ3n) is 5.93. The Morgan fingerprint density at radius 1 is 1.11 bits per heavy atom. The summed E-state index contributed by atoms with van der Waals surface area (Å²) < 4.78 is 37.4. The van der Waals surface area contributed by atoms with E-state index in [-0.39, 0.29) is 36.1 Å². The van der Waals surface area contributed by atoms with Gasteiger partial charge in [-0.25, -0.2) is 13.2 Å². The van der Waals surface area contributed by atoms with Gasteiger partial charge >= 0.3 is 5.97 Å². The van der Waals surface area contributed by atoms with E-state index in [9.17, 15) is 22.8 Å². The van der Waals surface area contributed by atoms with Crippen LogP contribution in [0.5, 0.6) is 0 Å². The molecule has 0 saturated carbocycles. The van der Waals surface area contributed by atoms with E-state index in [0.29, 0.717) is 43.3 Å². The number of carbonyl (C=O) groups excluding carboxylic acids is 3. The summed E-state index contributed by atoms with van der Waals surface area (Å²) in [7, 11) is -3.67. The van der Waals surface area contributed by atoms with Gasteiger partial charge in [0.25, 0.3) is 5.91 Å². The number of benzene rings is 1. The first-order valence-corrected chi connectivity index (χ1v) is 13.5. The van der Waals surface area contributed by atoms with Crippen LogP contribution in [0, 0.1) is 0 Å². The maximum Gasteiger partial charge on any atom is 0.341 e. The number of thiophene rings is 1. The highest BCUT2D eigenvalue weighted by Crippen LogP contribution is 2.38. The van der Waals surface area contributed by atoms with Crippen molar-refractivity contribution in [2.75, 3.05) is 44.8 Å². The van der Waals surface area contributed by atoms with E-state index >= 15 is 0 Å². The molecule has 3 heterocycles. The SMILES string of the molecule is CCOC(=O)c1c(NC(=O)c2ccc(S(=O)(=O)N3CCOCC3)cc2)sc2c1CCN(C(C)=O)C2. The average Bonchev–Trinajstić information content (AvgIpc) is 3.21. The maximum atomic E-state index is 13.0. The van der Waals surface area contributed by atoms with Gasteiger partial charge in [-0.05, 0) is 43.2 Å². The van der Waals surface area contributed by atoms with Gasteiger partial charge in [0, 0.05) is 37.0 Å². The van der Waals surface area contributed by atoms with Gasteiger partial charge in [-0.15, -0.1) is 11.3 Å². The summed E-state index contributed by atoms with van der Waals surface area (Å²) in [5.74, 6) is -1.06. The Labute approximate surface area is 207 Å². The smallest absolute Gasteiger partial charge is 0.341 e. The zero-order valence-electron chi connectivity index (χ0n) is 19.5. The number of ether oxygens (including phenoxy) is 2. The minimum Gasteiger partial charge on any atom is -0.462 e. The summed E-state index contributed by atoms with van der Waals surface area (Å²) in [5, 5.41) is 3.14. The maximum absolute atomic E-state index is 13.0. The molecule has 0 atom stereocenters. The molecule has 0 unspecified atom stereocenters. The number of sulfonamides is 1. The zero-order chi connectivity index (χ0) is 25.2. The van der Waals surface area contributed by atoms with Crippen molar-refractivity contribution < 1.29 is 32.3 Å². The molecular weight excluding hydrogens is 494 g/mol. The van der Waals surface area contributed by atoms with Gasteiger partial charge in [0.2, 0.25) is 15.9 Å². The number of carbonyl (C=O) groups is 3. The molecule has 0 bridgehead atoms. The lowest BCUT2D eigenvalue weighted by atomic mass is 10.0. The van der Waals surface area contributed by atoms with E-state index in [1.54, 1.807) is 11.8 Å². The number of fused-ring (bicyclic) bond motifs is 1. The minimum atomic E-state index is -3.67. The quantitative estimate of drug-likeness (QED) is 0.578. The molecule has 2 amide bonds. The minimum absolute atomic E-state index is 0.0561. The van der Waals surface area contributed by atoms with Crippen molar-refractivity contribution >= 4 is 44.1 Å². The first kappa shape index (κ1) is 25.3. The van der Waals surface area contributed by atoms with Crippen molar-refractivity contribution in [2.45, 2.75) is 31.7 Å². The molecule has 0 aliphatic carbocycles. The van der Waals surface area contributed by atoms with Crippen LogP contribution >= 0.6 is 11.3 Å². The van der Waals surface area contributed by atoms with Gasteiger partial charge in [0.15, 0.2) is 0 Å². The highest BCUT2D eigenvalue weighted by molar-refractivity contribution is 7.89. The Hall–Kier alpha value is -2.80. The van der Waals surface area contributed by atoms with Crippen molar-refractivity contribution in [3.05, 3.63) is 45.8 Å². The molecule has 0 radical (unpaired) electrons. The van der Waals surface area contributed by atoms with Gasteiger partial charge in [-0.2, -0.15) is 4.31 Å². The molecule has 188 valence electrons. The fourth-order valence-electron chi connectivity index (χ4n) is 4.07. The molecule has 2 aliphatic heterocycles. The molecule has 1 fully saturated rings. The van der Waals surface area contributed by atoms with Crippen molar-refractivity contribution in [3.8, 4) is 0 Å². The Bertz CT molecular complexity index is 1230. The molecule has 35 heavy (non-hydrogen) atoms. The summed E-state index contributed by atoms with van der Waals surface area (Å²) in [6.45, 7) is 5.50. The Morgan fingerprint density at radius 3 is 2.43 bits per heavy atom. The molecule has 2 aliphatic rings. The largest absolute Gasteiger partial charge is 0.462 e. The molecule has 1 saturated heterocycles. The van der Waals surface area contributed by atoms with Crippen LogP contribution in [0.4, 0.5) is 5.00 Å². The Morgan fingerprint density at radius 2 is 1.80 bits per heavy atom. The number of anilines is 1. The van der Waals surface area contributed by atoms with Gasteiger partial charge in [-0.1, -0.05) is 0 Å². The number of esters is 1. The second-order valence-corrected chi connectivity index (χ2v) is 11.2. The van der Waals surface area contributed by atoms with E-state index in [1.165, 1.54) is 46.8 Å². The topological polar surface area (TPSA) is 122 Å². The van der Waals surface area contributed by atoms with Crippen LogP contribution in [-0.4, -0.2) is 74.9 Å². The van der Waals surface area contributed by atoms with Crippen molar-refractivity contribution in [3.63, 3.8) is 0 Å². The van der Waals surface area contributed by atoms with Crippen LogP contribution in [0.3, 0.4) is 0 Å². The van der Waals surface area contributed by atoms with E-state index in [1.807, 2.05) is 0 Å². The first-order chi connectivity index (χ1) is 16.7. The highest BCUT2D eigenvalue weighted by Gasteiger charge is 2.31. The average molecular weight is 522 g/mol. The lowest BCUT2D eigenvalue weighted by Gasteiger charge is -2.26.